The summed E-state index contributed by atoms with van der Waals surface area (Å²) in [5.74, 6) is 0. The molecular formula is C13H19NOS. The van der Waals surface area contributed by atoms with Gasteiger partial charge in [0.2, 0.25) is 0 Å². The fourth-order valence-corrected chi connectivity index (χ4v) is 3.98. The fourth-order valence-electron chi connectivity index (χ4n) is 2.28. The molecule has 0 saturated carbocycles. The highest BCUT2D eigenvalue weighted by molar-refractivity contribution is 7.86. The van der Waals surface area contributed by atoms with Crippen LogP contribution in [0.5, 0.6) is 0 Å². The van der Waals surface area contributed by atoms with E-state index in [9.17, 15) is 4.21 Å². The predicted octanol–water partition coefficient (Wildman–Crippen LogP) is 2.16. The lowest BCUT2D eigenvalue weighted by molar-refractivity contribution is 0.633. The molecule has 0 bridgehead atoms. The van der Waals surface area contributed by atoms with Crippen molar-refractivity contribution >= 4 is 10.8 Å². The molecule has 0 saturated heterocycles. The Hall–Kier alpha value is -0.670. The second-order valence-corrected chi connectivity index (χ2v) is 6.58. The molecule has 0 heterocycles. The first kappa shape index (κ1) is 11.8. The molecule has 0 spiro atoms. The zero-order valence-corrected chi connectivity index (χ0v) is 10.7. The van der Waals surface area contributed by atoms with E-state index >= 15 is 0 Å². The standard InChI is InChI=1S/C13H19NOS/c1-3-9(2)16(15)12-8-10-6-4-5-7-11(10)13(12)14/h4-7,9,12-13H,3,8,14H2,1-2H3. The molecule has 88 valence electrons. The molecule has 0 radical (unpaired) electrons. The summed E-state index contributed by atoms with van der Waals surface area (Å²) < 4.78 is 12.3. The largest absolute Gasteiger partial charge is 0.323 e. The summed E-state index contributed by atoms with van der Waals surface area (Å²) in [6.07, 6.45) is 1.82. The normalized spacial score (nSPS) is 27.4. The van der Waals surface area contributed by atoms with E-state index in [1.54, 1.807) is 0 Å². The maximum absolute atomic E-state index is 12.3. The van der Waals surface area contributed by atoms with E-state index in [-0.39, 0.29) is 16.5 Å². The SMILES string of the molecule is CCC(C)S(=O)C1Cc2ccccc2C1N. The van der Waals surface area contributed by atoms with Crippen molar-refractivity contribution in [3.8, 4) is 0 Å². The van der Waals surface area contributed by atoms with Gasteiger partial charge in [-0.2, -0.15) is 0 Å². The first-order valence-electron chi connectivity index (χ1n) is 5.88. The van der Waals surface area contributed by atoms with Crippen molar-refractivity contribution in [2.24, 2.45) is 5.73 Å². The van der Waals surface area contributed by atoms with Crippen LogP contribution in [0.1, 0.15) is 37.4 Å². The maximum Gasteiger partial charge on any atom is 0.0583 e. The van der Waals surface area contributed by atoms with Gasteiger partial charge >= 0.3 is 0 Å². The van der Waals surface area contributed by atoms with Gasteiger partial charge in [0.15, 0.2) is 0 Å². The Bertz CT molecular complexity index is 405. The molecular weight excluding hydrogens is 218 g/mol. The second-order valence-electron chi connectivity index (χ2n) is 4.51. The Balaban J connectivity index is 2.21. The third-order valence-electron chi connectivity index (χ3n) is 3.51. The average Bonchev–Trinajstić information content (AvgIpc) is 2.65. The summed E-state index contributed by atoms with van der Waals surface area (Å²) in [6, 6.07) is 8.15. The molecule has 1 aliphatic rings. The summed E-state index contributed by atoms with van der Waals surface area (Å²) in [4.78, 5) is 0. The maximum atomic E-state index is 12.3. The summed E-state index contributed by atoms with van der Waals surface area (Å²) in [5.41, 5.74) is 8.65. The Labute approximate surface area is 99.7 Å². The van der Waals surface area contributed by atoms with Gasteiger partial charge < -0.3 is 5.73 Å². The van der Waals surface area contributed by atoms with Crippen molar-refractivity contribution in [1.29, 1.82) is 0 Å². The lowest BCUT2D eigenvalue weighted by atomic mass is 10.1. The van der Waals surface area contributed by atoms with Gasteiger partial charge in [0.25, 0.3) is 0 Å². The second kappa shape index (κ2) is 4.68. The van der Waals surface area contributed by atoms with Crippen molar-refractivity contribution in [3.05, 3.63) is 35.4 Å². The van der Waals surface area contributed by atoms with Gasteiger partial charge in [-0.05, 0) is 24.0 Å². The van der Waals surface area contributed by atoms with Crippen molar-refractivity contribution in [2.45, 2.75) is 43.2 Å². The number of hydrogen-bond acceptors (Lipinski definition) is 2. The van der Waals surface area contributed by atoms with Crippen molar-refractivity contribution in [2.75, 3.05) is 0 Å². The first-order chi connectivity index (χ1) is 7.65. The number of fused-ring (bicyclic) bond motifs is 1. The van der Waals surface area contributed by atoms with Crippen LogP contribution in [0, 0.1) is 0 Å². The molecule has 2 rings (SSSR count). The Morgan fingerprint density at radius 2 is 2.19 bits per heavy atom. The van der Waals surface area contributed by atoms with Crippen LogP contribution in [0.3, 0.4) is 0 Å². The van der Waals surface area contributed by atoms with Gasteiger partial charge in [-0.3, -0.25) is 4.21 Å². The first-order valence-corrected chi connectivity index (χ1v) is 7.15. The van der Waals surface area contributed by atoms with Crippen LogP contribution in [0.15, 0.2) is 24.3 Å². The van der Waals surface area contributed by atoms with E-state index < -0.39 is 10.8 Å². The fraction of sp³-hybridized carbons (Fsp3) is 0.538. The molecule has 1 aromatic rings. The molecule has 4 atom stereocenters. The summed E-state index contributed by atoms with van der Waals surface area (Å²) >= 11 is 0. The van der Waals surface area contributed by atoms with Crippen LogP contribution < -0.4 is 5.73 Å². The summed E-state index contributed by atoms with van der Waals surface area (Å²) in [7, 11) is -0.821. The molecule has 1 aliphatic carbocycles. The lowest BCUT2D eigenvalue weighted by Crippen LogP contribution is -2.31. The molecule has 3 heteroatoms. The molecule has 0 aromatic heterocycles. The molecule has 1 aromatic carbocycles. The highest BCUT2D eigenvalue weighted by Crippen LogP contribution is 2.33. The van der Waals surface area contributed by atoms with Crippen molar-refractivity contribution in [1.82, 2.24) is 0 Å². The Morgan fingerprint density at radius 1 is 1.50 bits per heavy atom. The van der Waals surface area contributed by atoms with Gasteiger partial charge in [0, 0.05) is 22.1 Å². The monoisotopic (exact) mass is 237 g/mol. The summed E-state index contributed by atoms with van der Waals surface area (Å²) in [6.45, 7) is 4.13. The lowest BCUT2D eigenvalue weighted by Gasteiger charge is -2.19. The minimum atomic E-state index is -0.821. The predicted molar refractivity (Wildman–Crippen MR) is 68.8 cm³/mol. The minimum Gasteiger partial charge on any atom is -0.323 e. The molecule has 0 amide bonds. The van der Waals surface area contributed by atoms with Crippen LogP contribution in [-0.4, -0.2) is 14.7 Å². The topological polar surface area (TPSA) is 43.1 Å². The Morgan fingerprint density at radius 3 is 2.81 bits per heavy atom. The van der Waals surface area contributed by atoms with E-state index in [0.29, 0.717) is 0 Å². The minimum absolute atomic E-state index is 0.0500. The Kier molecular flexibility index (Phi) is 3.45. The van der Waals surface area contributed by atoms with E-state index in [1.165, 1.54) is 11.1 Å². The van der Waals surface area contributed by atoms with Gasteiger partial charge in [-0.15, -0.1) is 0 Å². The number of hydrogen-bond donors (Lipinski definition) is 1. The van der Waals surface area contributed by atoms with E-state index in [0.717, 1.165) is 12.8 Å². The molecule has 2 N–H and O–H groups in total. The van der Waals surface area contributed by atoms with Gasteiger partial charge in [-0.25, -0.2) is 0 Å². The van der Waals surface area contributed by atoms with Crippen LogP contribution in [0.2, 0.25) is 0 Å². The number of rotatable bonds is 3. The van der Waals surface area contributed by atoms with Crippen molar-refractivity contribution < 1.29 is 4.21 Å². The summed E-state index contributed by atoms with van der Waals surface area (Å²) in [5, 5.41) is 0.345. The molecule has 2 nitrogen and oxygen atoms in total. The highest BCUT2D eigenvalue weighted by atomic mass is 32.2. The van der Waals surface area contributed by atoms with Gasteiger partial charge in [0.1, 0.15) is 0 Å². The van der Waals surface area contributed by atoms with Crippen LogP contribution in [-0.2, 0) is 17.2 Å². The van der Waals surface area contributed by atoms with Crippen LogP contribution in [0.25, 0.3) is 0 Å². The highest BCUT2D eigenvalue weighted by Gasteiger charge is 2.34. The third-order valence-corrected chi connectivity index (χ3v) is 5.69. The van der Waals surface area contributed by atoms with Gasteiger partial charge in [0.05, 0.1) is 5.25 Å². The van der Waals surface area contributed by atoms with E-state index in [4.69, 9.17) is 5.73 Å². The third kappa shape index (κ3) is 1.94. The number of nitrogens with two attached hydrogens (primary N) is 1. The quantitative estimate of drug-likeness (QED) is 0.875. The van der Waals surface area contributed by atoms with Crippen LogP contribution in [0.4, 0.5) is 0 Å². The smallest absolute Gasteiger partial charge is 0.0583 e. The molecule has 4 unspecified atom stereocenters. The molecule has 0 aliphatic heterocycles. The van der Waals surface area contributed by atoms with E-state index in [2.05, 4.69) is 19.1 Å². The van der Waals surface area contributed by atoms with Gasteiger partial charge in [-0.1, -0.05) is 38.1 Å². The zero-order chi connectivity index (χ0) is 11.7. The average molecular weight is 237 g/mol. The van der Waals surface area contributed by atoms with Crippen LogP contribution >= 0.6 is 0 Å². The number of benzene rings is 1. The zero-order valence-electron chi connectivity index (χ0n) is 9.85. The molecule has 0 fully saturated rings. The van der Waals surface area contributed by atoms with E-state index in [1.807, 2.05) is 19.1 Å². The molecule has 16 heavy (non-hydrogen) atoms. The van der Waals surface area contributed by atoms with Crippen molar-refractivity contribution in [3.63, 3.8) is 0 Å².